The number of hydrogen-bond donors (Lipinski definition) is 1. The normalized spacial score (nSPS) is 10.0. The first-order chi connectivity index (χ1) is 8.28. The van der Waals surface area contributed by atoms with Gasteiger partial charge in [0.05, 0.1) is 6.61 Å². The van der Waals surface area contributed by atoms with Crippen LogP contribution in [0.15, 0.2) is 48.5 Å². The lowest BCUT2D eigenvalue weighted by molar-refractivity contribution is 0.340. The molecule has 0 bridgehead atoms. The van der Waals surface area contributed by atoms with Gasteiger partial charge in [-0.1, -0.05) is 18.2 Å². The van der Waals surface area contributed by atoms with Crippen LogP contribution in [0.5, 0.6) is 5.75 Å². The minimum Gasteiger partial charge on any atom is -0.494 e. The first kappa shape index (κ1) is 11.5. The summed E-state index contributed by atoms with van der Waals surface area (Å²) in [4.78, 5) is 0. The van der Waals surface area contributed by atoms with Gasteiger partial charge < -0.3 is 10.1 Å². The number of hydrogen-bond acceptors (Lipinski definition) is 2. The summed E-state index contributed by atoms with van der Waals surface area (Å²) in [6.45, 7) is 4.76. The first-order valence-corrected chi connectivity index (χ1v) is 5.84. The monoisotopic (exact) mass is 227 g/mol. The van der Waals surface area contributed by atoms with Crippen LogP contribution in [0.4, 0.5) is 11.4 Å². The number of anilines is 2. The summed E-state index contributed by atoms with van der Waals surface area (Å²) in [6.07, 6.45) is 0. The Morgan fingerprint density at radius 2 is 1.71 bits per heavy atom. The van der Waals surface area contributed by atoms with E-state index in [-0.39, 0.29) is 0 Å². The molecular formula is C15H17NO. The molecule has 0 radical (unpaired) electrons. The third-order valence-corrected chi connectivity index (χ3v) is 2.45. The SMILES string of the molecule is CCOc1cccc(Nc2cccc(C)c2)c1. The maximum Gasteiger partial charge on any atom is 0.121 e. The van der Waals surface area contributed by atoms with Crippen LogP contribution in [-0.2, 0) is 0 Å². The highest BCUT2D eigenvalue weighted by Crippen LogP contribution is 2.21. The first-order valence-electron chi connectivity index (χ1n) is 5.84. The molecule has 0 aliphatic rings. The summed E-state index contributed by atoms with van der Waals surface area (Å²) >= 11 is 0. The number of nitrogens with one attached hydrogen (secondary N) is 1. The topological polar surface area (TPSA) is 21.3 Å². The zero-order valence-electron chi connectivity index (χ0n) is 10.2. The van der Waals surface area contributed by atoms with E-state index in [1.807, 2.05) is 37.3 Å². The molecular weight excluding hydrogens is 210 g/mol. The summed E-state index contributed by atoms with van der Waals surface area (Å²) < 4.78 is 5.47. The van der Waals surface area contributed by atoms with E-state index in [4.69, 9.17) is 4.74 Å². The molecule has 2 rings (SSSR count). The van der Waals surface area contributed by atoms with Crippen LogP contribution in [-0.4, -0.2) is 6.61 Å². The van der Waals surface area contributed by atoms with Gasteiger partial charge in [0.15, 0.2) is 0 Å². The van der Waals surface area contributed by atoms with Crippen molar-refractivity contribution in [2.45, 2.75) is 13.8 Å². The van der Waals surface area contributed by atoms with Crippen molar-refractivity contribution < 1.29 is 4.74 Å². The molecule has 0 spiro atoms. The van der Waals surface area contributed by atoms with E-state index in [0.29, 0.717) is 6.61 Å². The van der Waals surface area contributed by atoms with Gasteiger partial charge in [-0.3, -0.25) is 0 Å². The van der Waals surface area contributed by atoms with Crippen LogP contribution in [0, 0.1) is 6.92 Å². The fourth-order valence-electron chi connectivity index (χ4n) is 1.72. The van der Waals surface area contributed by atoms with E-state index in [2.05, 4.69) is 30.4 Å². The fourth-order valence-corrected chi connectivity index (χ4v) is 1.72. The molecule has 0 atom stereocenters. The molecule has 17 heavy (non-hydrogen) atoms. The van der Waals surface area contributed by atoms with E-state index in [9.17, 15) is 0 Å². The van der Waals surface area contributed by atoms with Gasteiger partial charge in [-0.2, -0.15) is 0 Å². The van der Waals surface area contributed by atoms with Crippen LogP contribution in [0.25, 0.3) is 0 Å². The van der Waals surface area contributed by atoms with Crippen molar-refractivity contribution in [2.24, 2.45) is 0 Å². The molecule has 2 aromatic rings. The van der Waals surface area contributed by atoms with Crippen LogP contribution in [0.2, 0.25) is 0 Å². The Balaban J connectivity index is 2.15. The summed E-state index contributed by atoms with van der Waals surface area (Å²) in [5.74, 6) is 0.894. The van der Waals surface area contributed by atoms with Crippen LogP contribution < -0.4 is 10.1 Å². The van der Waals surface area contributed by atoms with Crippen LogP contribution >= 0.6 is 0 Å². The van der Waals surface area contributed by atoms with E-state index in [1.54, 1.807) is 0 Å². The molecule has 0 saturated carbocycles. The molecule has 0 unspecified atom stereocenters. The summed E-state index contributed by atoms with van der Waals surface area (Å²) in [5, 5.41) is 3.36. The summed E-state index contributed by atoms with van der Waals surface area (Å²) in [5.41, 5.74) is 3.39. The second kappa shape index (κ2) is 5.39. The average Bonchev–Trinajstić information content (AvgIpc) is 2.30. The fraction of sp³-hybridized carbons (Fsp3) is 0.200. The maximum absolute atomic E-state index is 5.47. The van der Waals surface area contributed by atoms with Gasteiger partial charge in [0.25, 0.3) is 0 Å². The molecule has 0 aliphatic carbocycles. The van der Waals surface area contributed by atoms with Crippen molar-refractivity contribution >= 4 is 11.4 Å². The van der Waals surface area contributed by atoms with Crippen molar-refractivity contribution in [3.05, 3.63) is 54.1 Å². The highest BCUT2D eigenvalue weighted by Gasteiger charge is 1.97. The van der Waals surface area contributed by atoms with Gasteiger partial charge in [-0.15, -0.1) is 0 Å². The van der Waals surface area contributed by atoms with Gasteiger partial charge in [0, 0.05) is 17.4 Å². The predicted octanol–water partition coefficient (Wildman–Crippen LogP) is 4.14. The standard InChI is InChI=1S/C15H17NO/c1-3-17-15-9-5-8-14(11-15)16-13-7-4-6-12(2)10-13/h4-11,16H,3H2,1-2H3. The van der Waals surface area contributed by atoms with E-state index in [1.165, 1.54) is 5.56 Å². The lowest BCUT2D eigenvalue weighted by Gasteiger charge is -2.09. The van der Waals surface area contributed by atoms with Crippen molar-refractivity contribution in [3.63, 3.8) is 0 Å². The quantitative estimate of drug-likeness (QED) is 0.847. The molecule has 0 aromatic heterocycles. The number of aryl methyl sites for hydroxylation is 1. The van der Waals surface area contributed by atoms with Crippen molar-refractivity contribution in [3.8, 4) is 5.75 Å². The Labute approximate surface area is 102 Å². The molecule has 88 valence electrons. The zero-order valence-corrected chi connectivity index (χ0v) is 10.2. The van der Waals surface area contributed by atoms with E-state index in [0.717, 1.165) is 17.1 Å². The molecule has 1 N–H and O–H groups in total. The second-order valence-electron chi connectivity index (χ2n) is 3.96. The lowest BCUT2D eigenvalue weighted by Crippen LogP contribution is -1.94. The Morgan fingerprint density at radius 3 is 2.41 bits per heavy atom. The number of benzene rings is 2. The van der Waals surface area contributed by atoms with Crippen LogP contribution in [0.1, 0.15) is 12.5 Å². The molecule has 2 heteroatoms. The van der Waals surface area contributed by atoms with Gasteiger partial charge in [-0.05, 0) is 43.7 Å². The molecule has 0 heterocycles. The second-order valence-corrected chi connectivity index (χ2v) is 3.96. The zero-order chi connectivity index (χ0) is 12.1. The van der Waals surface area contributed by atoms with Crippen LogP contribution in [0.3, 0.4) is 0 Å². The Bertz CT molecular complexity index is 494. The highest BCUT2D eigenvalue weighted by molar-refractivity contribution is 5.61. The predicted molar refractivity (Wildman–Crippen MR) is 72.1 cm³/mol. The van der Waals surface area contributed by atoms with Gasteiger partial charge >= 0.3 is 0 Å². The van der Waals surface area contributed by atoms with E-state index >= 15 is 0 Å². The lowest BCUT2D eigenvalue weighted by atomic mass is 10.2. The molecule has 2 nitrogen and oxygen atoms in total. The largest absolute Gasteiger partial charge is 0.494 e. The molecule has 0 saturated heterocycles. The molecule has 0 amide bonds. The average molecular weight is 227 g/mol. The maximum atomic E-state index is 5.47. The Morgan fingerprint density at radius 1 is 1.00 bits per heavy atom. The minimum atomic E-state index is 0.688. The molecule has 2 aromatic carbocycles. The number of rotatable bonds is 4. The Kier molecular flexibility index (Phi) is 3.66. The van der Waals surface area contributed by atoms with Crippen molar-refractivity contribution in [1.29, 1.82) is 0 Å². The summed E-state index contributed by atoms with van der Waals surface area (Å²) in [6, 6.07) is 16.3. The minimum absolute atomic E-state index is 0.688. The molecule has 0 fully saturated rings. The third-order valence-electron chi connectivity index (χ3n) is 2.45. The Hall–Kier alpha value is -1.96. The summed E-state index contributed by atoms with van der Waals surface area (Å²) in [7, 11) is 0. The van der Waals surface area contributed by atoms with Crippen molar-refractivity contribution in [1.82, 2.24) is 0 Å². The highest BCUT2D eigenvalue weighted by atomic mass is 16.5. The van der Waals surface area contributed by atoms with Gasteiger partial charge in [-0.25, -0.2) is 0 Å². The smallest absolute Gasteiger partial charge is 0.121 e. The van der Waals surface area contributed by atoms with Gasteiger partial charge in [0.2, 0.25) is 0 Å². The molecule has 0 aliphatic heterocycles. The number of ether oxygens (including phenoxy) is 1. The van der Waals surface area contributed by atoms with E-state index < -0.39 is 0 Å². The van der Waals surface area contributed by atoms with Gasteiger partial charge in [0.1, 0.15) is 5.75 Å². The third kappa shape index (κ3) is 3.25. The van der Waals surface area contributed by atoms with Crippen molar-refractivity contribution in [2.75, 3.05) is 11.9 Å².